The van der Waals surface area contributed by atoms with E-state index < -0.39 is 0 Å². The number of ether oxygens (including phenoxy) is 1. The first-order valence-electron chi connectivity index (χ1n) is 7.65. The van der Waals surface area contributed by atoms with Gasteiger partial charge < -0.3 is 4.74 Å². The van der Waals surface area contributed by atoms with Gasteiger partial charge in [-0.1, -0.05) is 17.7 Å². The van der Waals surface area contributed by atoms with E-state index in [1.54, 1.807) is 13.3 Å². The Balaban J connectivity index is 1.85. The molecule has 0 fully saturated rings. The number of aliphatic imine (C=N–C) groups is 1. The average molecular weight is 352 g/mol. The van der Waals surface area contributed by atoms with E-state index in [2.05, 4.69) is 20.2 Å². The fourth-order valence-electron chi connectivity index (χ4n) is 2.60. The van der Waals surface area contributed by atoms with Gasteiger partial charge in [0.2, 0.25) is 5.65 Å². The lowest BCUT2D eigenvalue weighted by Gasteiger charge is -2.04. The number of aromatic nitrogens is 4. The number of halogens is 1. The van der Waals surface area contributed by atoms with Crippen molar-refractivity contribution in [3.8, 4) is 5.75 Å². The van der Waals surface area contributed by atoms with Crippen LogP contribution in [0.25, 0.3) is 16.7 Å². The molecule has 7 heteroatoms. The first-order chi connectivity index (χ1) is 12.2. The smallest absolute Gasteiger partial charge is 0.255 e. The van der Waals surface area contributed by atoms with Crippen molar-refractivity contribution in [1.82, 2.24) is 19.6 Å². The molecule has 124 valence electrons. The predicted molar refractivity (Wildman–Crippen MR) is 98.3 cm³/mol. The van der Waals surface area contributed by atoms with Crippen molar-refractivity contribution in [2.45, 2.75) is 6.92 Å². The molecule has 25 heavy (non-hydrogen) atoms. The number of benzene rings is 2. The van der Waals surface area contributed by atoms with E-state index in [9.17, 15) is 0 Å². The molecule has 2 aromatic carbocycles. The molecule has 0 saturated heterocycles. The van der Waals surface area contributed by atoms with Crippen LogP contribution < -0.4 is 4.74 Å². The van der Waals surface area contributed by atoms with E-state index in [4.69, 9.17) is 16.3 Å². The highest BCUT2D eigenvalue weighted by molar-refractivity contribution is 6.32. The molecule has 0 amide bonds. The zero-order chi connectivity index (χ0) is 17.4. The summed E-state index contributed by atoms with van der Waals surface area (Å²) in [4.78, 5) is 8.85. The van der Waals surface area contributed by atoms with E-state index >= 15 is 0 Å². The Morgan fingerprint density at radius 1 is 1.12 bits per heavy atom. The second-order valence-corrected chi connectivity index (χ2v) is 5.94. The third kappa shape index (κ3) is 2.81. The minimum atomic E-state index is 0.301. The van der Waals surface area contributed by atoms with Crippen LogP contribution in [0, 0.1) is 6.92 Å². The quantitative estimate of drug-likeness (QED) is 0.523. The lowest BCUT2D eigenvalue weighted by Crippen LogP contribution is -1.94. The number of methoxy groups -OCH3 is 1. The number of hydrogen-bond acceptors (Lipinski definition) is 5. The van der Waals surface area contributed by atoms with Crippen LogP contribution in [0.2, 0.25) is 5.15 Å². The molecule has 4 aromatic rings. The number of rotatable bonds is 3. The lowest BCUT2D eigenvalue weighted by molar-refractivity contribution is 0.415. The maximum atomic E-state index is 6.24. The summed E-state index contributed by atoms with van der Waals surface area (Å²) in [6.45, 7) is 2.02. The van der Waals surface area contributed by atoms with Gasteiger partial charge in [-0.25, -0.2) is 9.98 Å². The van der Waals surface area contributed by atoms with E-state index in [0.29, 0.717) is 16.7 Å². The van der Waals surface area contributed by atoms with Gasteiger partial charge in [-0.3, -0.25) is 4.40 Å². The Morgan fingerprint density at radius 2 is 1.92 bits per heavy atom. The minimum absolute atomic E-state index is 0.301. The molecule has 0 aliphatic heterocycles. The first kappa shape index (κ1) is 15.5. The molecule has 0 aliphatic carbocycles. The van der Waals surface area contributed by atoms with Crippen LogP contribution in [0.3, 0.4) is 0 Å². The van der Waals surface area contributed by atoms with Crippen LogP contribution >= 0.6 is 11.6 Å². The average Bonchev–Trinajstić information content (AvgIpc) is 3.06. The highest BCUT2D eigenvalue weighted by Crippen LogP contribution is 2.25. The fourth-order valence-corrected chi connectivity index (χ4v) is 2.81. The van der Waals surface area contributed by atoms with Crippen molar-refractivity contribution in [3.05, 3.63) is 58.7 Å². The maximum Gasteiger partial charge on any atom is 0.255 e. The normalized spacial score (nSPS) is 11.6. The topological polar surface area (TPSA) is 64.7 Å². The summed E-state index contributed by atoms with van der Waals surface area (Å²) in [5, 5.41) is 8.57. The van der Waals surface area contributed by atoms with Crippen LogP contribution in [0.15, 0.2) is 47.5 Å². The Morgan fingerprint density at radius 3 is 2.68 bits per heavy atom. The van der Waals surface area contributed by atoms with Crippen molar-refractivity contribution < 1.29 is 4.74 Å². The zero-order valence-electron chi connectivity index (χ0n) is 13.6. The minimum Gasteiger partial charge on any atom is -0.497 e. The second-order valence-electron chi connectivity index (χ2n) is 5.59. The number of hydrogen-bond donors (Lipinski definition) is 0. The van der Waals surface area contributed by atoms with Crippen LogP contribution in [0.4, 0.5) is 5.95 Å². The monoisotopic (exact) mass is 351 g/mol. The van der Waals surface area contributed by atoms with Gasteiger partial charge in [0.1, 0.15) is 5.75 Å². The van der Waals surface area contributed by atoms with Gasteiger partial charge in [0.15, 0.2) is 5.15 Å². The second kappa shape index (κ2) is 6.14. The number of nitrogens with zero attached hydrogens (tertiary/aromatic N) is 5. The Bertz CT molecular complexity index is 1100. The van der Waals surface area contributed by atoms with Gasteiger partial charge >= 0.3 is 0 Å². The number of fused-ring (bicyclic) bond motifs is 3. The Kier molecular flexibility index (Phi) is 3.82. The van der Waals surface area contributed by atoms with E-state index in [-0.39, 0.29) is 0 Å². The van der Waals surface area contributed by atoms with Gasteiger partial charge in [0, 0.05) is 6.21 Å². The van der Waals surface area contributed by atoms with Gasteiger partial charge in [-0.2, -0.15) is 0 Å². The maximum absolute atomic E-state index is 6.24. The molecule has 6 nitrogen and oxygen atoms in total. The van der Waals surface area contributed by atoms with Gasteiger partial charge in [0.25, 0.3) is 5.95 Å². The summed E-state index contributed by atoms with van der Waals surface area (Å²) in [6.07, 6.45) is 1.73. The third-order valence-electron chi connectivity index (χ3n) is 3.87. The molecular formula is C18H14ClN5O. The van der Waals surface area contributed by atoms with Crippen LogP contribution in [-0.4, -0.2) is 32.9 Å². The predicted octanol–water partition coefficient (Wildman–Crippen LogP) is 4.00. The van der Waals surface area contributed by atoms with E-state index in [1.807, 2.05) is 53.8 Å². The van der Waals surface area contributed by atoms with Crippen LogP contribution in [0.5, 0.6) is 5.75 Å². The molecule has 2 heterocycles. The van der Waals surface area contributed by atoms with Crippen molar-refractivity contribution in [3.63, 3.8) is 0 Å². The molecule has 0 aliphatic rings. The summed E-state index contributed by atoms with van der Waals surface area (Å²) >= 11 is 6.24. The van der Waals surface area contributed by atoms with Gasteiger partial charge in [-0.05, 0) is 54.4 Å². The van der Waals surface area contributed by atoms with Crippen molar-refractivity contribution in [2.24, 2.45) is 4.99 Å². The summed E-state index contributed by atoms with van der Waals surface area (Å²) in [6, 6.07) is 13.5. The summed E-state index contributed by atoms with van der Waals surface area (Å²) in [7, 11) is 1.64. The molecule has 0 N–H and O–H groups in total. The highest BCUT2D eigenvalue weighted by Gasteiger charge is 2.13. The number of aryl methyl sites for hydroxylation is 1. The summed E-state index contributed by atoms with van der Waals surface area (Å²) in [5.41, 5.74) is 4.16. The molecule has 0 bridgehead atoms. The molecule has 0 atom stereocenters. The summed E-state index contributed by atoms with van der Waals surface area (Å²) in [5.74, 6) is 1.25. The van der Waals surface area contributed by atoms with Crippen LogP contribution in [-0.2, 0) is 0 Å². The van der Waals surface area contributed by atoms with Gasteiger partial charge in [0.05, 0.1) is 18.1 Å². The van der Waals surface area contributed by atoms with Crippen molar-refractivity contribution in [2.75, 3.05) is 7.11 Å². The van der Waals surface area contributed by atoms with E-state index in [1.165, 1.54) is 0 Å². The zero-order valence-corrected chi connectivity index (χ0v) is 14.4. The standard InChI is InChI=1S/C18H14ClN5O/c1-11-3-8-14-15(9-11)24-17(16(19)21-14)22-23-18(24)20-10-12-4-6-13(25-2)7-5-12/h3-10H,1-2H3/b20-10+. The lowest BCUT2D eigenvalue weighted by atomic mass is 10.2. The van der Waals surface area contributed by atoms with E-state index in [0.717, 1.165) is 27.9 Å². The molecule has 0 radical (unpaired) electrons. The highest BCUT2D eigenvalue weighted by atomic mass is 35.5. The largest absolute Gasteiger partial charge is 0.497 e. The van der Waals surface area contributed by atoms with Crippen molar-refractivity contribution >= 4 is 40.4 Å². The molecule has 0 saturated carbocycles. The van der Waals surface area contributed by atoms with Crippen molar-refractivity contribution in [1.29, 1.82) is 0 Å². The SMILES string of the molecule is COc1ccc(/C=N/c2nnc3c(Cl)nc4ccc(C)cc4n23)cc1. The molecule has 2 aromatic heterocycles. The summed E-state index contributed by atoms with van der Waals surface area (Å²) < 4.78 is 6.97. The third-order valence-corrected chi connectivity index (χ3v) is 4.12. The fraction of sp³-hybridized carbons (Fsp3) is 0.111. The molecule has 0 unspecified atom stereocenters. The first-order valence-corrected chi connectivity index (χ1v) is 8.02. The molecular weight excluding hydrogens is 338 g/mol. The van der Waals surface area contributed by atoms with Gasteiger partial charge in [-0.15, -0.1) is 10.2 Å². The molecule has 4 rings (SSSR count). The Hall–Kier alpha value is -2.99. The molecule has 0 spiro atoms. The Labute approximate surface area is 148 Å². The van der Waals surface area contributed by atoms with Crippen LogP contribution in [0.1, 0.15) is 11.1 Å².